The summed E-state index contributed by atoms with van der Waals surface area (Å²) in [5.74, 6) is 1.54. The van der Waals surface area contributed by atoms with E-state index in [4.69, 9.17) is 0 Å². The van der Waals surface area contributed by atoms with Crippen LogP contribution in [0.3, 0.4) is 0 Å². The average Bonchev–Trinajstić information content (AvgIpc) is 3.23. The summed E-state index contributed by atoms with van der Waals surface area (Å²) >= 11 is 0. The second-order valence-corrected chi connectivity index (χ2v) is 11.8. The van der Waals surface area contributed by atoms with Crippen molar-refractivity contribution in [3.05, 3.63) is 18.2 Å². The van der Waals surface area contributed by atoms with Gasteiger partial charge in [0.05, 0.1) is 13.6 Å². The van der Waals surface area contributed by atoms with Crippen molar-refractivity contribution in [1.82, 2.24) is 4.57 Å². The van der Waals surface area contributed by atoms with E-state index in [2.05, 4.69) is 42.4 Å². The molecule has 0 bridgehead atoms. The van der Waals surface area contributed by atoms with Crippen LogP contribution in [0.4, 0.5) is 0 Å². The van der Waals surface area contributed by atoms with Crippen molar-refractivity contribution in [3.63, 3.8) is 0 Å². The van der Waals surface area contributed by atoms with Crippen molar-refractivity contribution in [1.29, 1.82) is 0 Å². The number of imidazole rings is 1. The molecule has 212 valence electrons. The van der Waals surface area contributed by atoms with Crippen LogP contribution >= 0.6 is 0 Å². The molecule has 1 aromatic rings. The van der Waals surface area contributed by atoms with Gasteiger partial charge in [0, 0.05) is 6.42 Å². The Kier molecular flexibility index (Phi) is 23.9. The molecule has 1 aromatic heterocycles. The van der Waals surface area contributed by atoms with Crippen LogP contribution in [0.15, 0.2) is 12.4 Å². The molecule has 0 unspecified atom stereocenters. The van der Waals surface area contributed by atoms with Gasteiger partial charge in [0.2, 0.25) is 0 Å². The Labute approximate surface area is 228 Å². The van der Waals surface area contributed by atoms with Crippen LogP contribution in [0.5, 0.6) is 0 Å². The largest absolute Gasteiger partial charge is 0.256 e. The summed E-state index contributed by atoms with van der Waals surface area (Å²) < 4.78 is 4.90. The third-order valence-corrected chi connectivity index (χ3v) is 8.22. The first kappa shape index (κ1) is 33.2. The van der Waals surface area contributed by atoms with Gasteiger partial charge in [-0.2, -0.15) is 0 Å². The van der Waals surface area contributed by atoms with Crippen molar-refractivity contribution in [3.8, 4) is 0 Å². The highest BCUT2D eigenvalue weighted by Crippen LogP contribution is 2.15. The minimum absolute atomic E-state index is 1.21. The molecule has 0 amide bonds. The fourth-order valence-electron chi connectivity index (χ4n) is 5.68. The van der Waals surface area contributed by atoms with Gasteiger partial charge in [0.15, 0.2) is 0 Å². The summed E-state index contributed by atoms with van der Waals surface area (Å²) in [6.45, 7) is 5.82. The molecular formula is C34H67N2+. The molecule has 2 nitrogen and oxygen atoms in total. The molecule has 0 N–H and O–H groups in total. The molecule has 0 aliphatic rings. The lowest BCUT2D eigenvalue weighted by molar-refractivity contribution is -0.678. The van der Waals surface area contributed by atoms with E-state index >= 15 is 0 Å². The molecule has 36 heavy (non-hydrogen) atoms. The lowest BCUT2D eigenvalue weighted by Crippen LogP contribution is -2.32. The molecule has 0 saturated carbocycles. The van der Waals surface area contributed by atoms with Crippen LogP contribution < -0.4 is 4.57 Å². The second kappa shape index (κ2) is 25.8. The van der Waals surface area contributed by atoms with Gasteiger partial charge in [-0.05, 0) is 19.3 Å². The Bertz CT molecular complexity index is 562. The van der Waals surface area contributed by atoms with E-state index in [9.17, 15) is 0 Å². The maximum absolute atomic E-state index is 2.54. The Morgan fingerprint density at radius 1 is 0.472 bits per heavy atom. The first-order valence-electron chi connectivity index (χ1n) is 16.8. The van der Waals surface area contributed by atoms with E-state index in [0.29, 0.717) is 0 Å². The third kappa shape index (κ3) is 19.3. The fourth-order valence-corrected chi connectivity index (χ4v) is 5.68. The van der Waals surface area contributed by atoms with Crippen LogP contribution in [0.1, 0.15) is 187 Å². The Morgan fingerprint density at radius 2 is 0.806 bits per heavy atom. The zero-order valence-electron chi connectivity index (χ0n) is 25.3. The van der Waals surface area contributed by atoms with Crippen molar-refractivity contribution in [2.24, 2.45) is 7.05 Å². The Hall–Kier alpha value is -0.790. The molecule has 0 aliphatic carbocycles. The second-order valence-electron chi connectivity index (χ2n) is 11.8. The number of hydrogen-bond acceptors (Lipinski definition) is 0. The molecule has 0 aromatic carbocycles. The summed E-state index contributed by atoms with van der Waals surface area (Å²) in [6.07, 6.45) is 43.2. The quantitative estimate of drug-likeness (QED) is 0.0794. The highest BCUT2D eigenvalue weighted by molar-refractivity contribution is 4.84. The van der Waals surface area contributed by atoms with Crippen LogP contribution in [0, 0.1) is 0 Å². The van der Waals surface area contributed by atoms with E-state index in [1.165, 1.54) is 186 Å². The maximum atomic E-state index is 2.54. The Balaban J connectivity index is 1.92. The van der Waals surface area contributed by atoms with Crippen molar-refractivity contribution >= 4 is 0 Å². The molecule has 0 aliphatic heterocycles. The van der Waals surface area contributed by atoms with Gasteiger partial charge in [0.1, 0.15) is 12.4 Å². The van der Waals surface area contributed by atoms with Gasteiger partial charge in [-0.15, -0.1) is 0 Å². The lowest BCUT2D eigenvalue weighted by Gasteiger charge is -2.05. The number of rotatable bonds is 28. The van der Waals surface area contributed by atoms with E-state index in [0.717, 1.165) is 0 Å². The first-order valence-corrected chi connectivity index (χ1v) is 16.8. The maximum Gasteiger partial charge on any atom is 0.256 e. The highest BCUT2D eigenvalue weighted by atomic mass is 15.1. The molecule has 0 radical (unpaired) electrons. The zero-order valence-corrected chi connectivity index (χ0v) is 25.3. The SMILES string of the molecule is CCCCCCCCCCCCCCCCCCn1cc[n+](C)c1CCCCCCCCCCCC. The van der Waals surface area contributed by atoms with E-state index in [1.54, 1.807) is 0 Å². The number of aryl methyl sites for hydroxylation is 2. The summed E-state index contributed by atoms with van der Waals surface area (Å²) in [6, 6.07) is 0. The van der Waals surface area contributed by atoms with Gasteiger partial charge < -0.3 is 0 Å². The molecule has 2 heteroatoms. The normalized spacial score (nSPS) is 11.5. The minimum Gasteiger partial charge on any atom is -0.237 e. The van der Waals surface area contributed by atoms with Gasteiger partial charge in [-0.1, -0.05) is 162 Å². The summed E-state index contributed by atoms with van der Waals surface area (Å²) in [5, 5.41) is 0. The minimum atomic E-state index is 1.21. The number of unbranched alkanes of at least 4 members (excludes halogenated alkanes) is 24. The molecule has 1 heterocycles. The fraction of sp³-hybridized carbons (Fsp3) is 0.912. The standard InChI is InChI=1S/C34H67N2/c1-4-6-8-10-12-14-16-17-18-19-20-21-23-25-27-29-31-36-33-32-35(3)34(36)30-28-26-24-22-15-13-11-9-7-5-2/h32-33H,4-31H2,1-3H3/q+1. The first-order chi connectivity index (χ1) is 17.8. The van der Waals surface area contributed by atoms with Gasteiger partial charge in [-0.3, -0.25) is 0 Å². The molecule has 0 spiro atoms. The number of nitrogens with zero attached hydrogens (tertiary/aromatic N) is 2. The van der Waals surface area contributed by atoms with Crippen molar-refractivity contribution in [2.75, 3.05) is 0 Å². The molecular weight excluding hydrogens is 436 g/mol. The topological polar surface area (TPSA) is 8.81 Å². The summed E-state index contributed by atoms with van der Waals surface area (Å²) in [7, 11) is 2.23. The molecule has 0 atom stereocenters. The van der Waals surface area contributed by atoms with E-state index in [-0.39, 0.29) is 0 Å². The van der Waals surface area contributed by atoms with Crippen LogP contribution in [-0.4, -0.2) is 4.57 Å². The van der Waals surface area contributed by atoms with E-state index < -0.39 is 0 Å². The Morgan fingerprint density at radius 3 is 1.19 bits per heavy atom. The summed E-state index contributed by atoms with van der Waals surface area (Å²) in [4.78, 5) is 0. The average molecular weight is 504 g/mol. The van der Waals surface area contributed by atoms with Gasteiger partial charge in [-0.25, -0.2) is 9.13 Å². The van der Waals surface area contributed by atoms with Crippen LogP contribution in [0.2, 0.25) is 0 Å². The van der Waals surface area contributed by atoms with Crippen molar-refractivity contribution in [2.45, 2.75) is 194 Å². The molecule has 0 saturated heterocycles. The number of aromatic nitrogens is 2. The smallest absolute Gasteiger partial charge is 0.237 e. The van der Waals surface area contributed by atoms with Crippen molar-refractivity contribution < 1.29 is 4.57 Å². The molecule has 1 rings (SSSR count). The lowest BCUT2D eigenvalue weighted by atomic mass is 10.0. The monoisotopic (exact) mass is 504 g/mol. The predicted molar refractivity (Wildman–Crippen MR) is 161 cm³/mol. The summed E-state index contributed by atoms with van der Waals surface area (Å²) in [5.41, 5.74) is 0. The number of hydrogen-bond donors (Lipinski definition) is 0. The van der Waals surface area contributed by atoms with Gasteiger partial charge >= 0.3 is 0 Å². The van der Waals surface area contributed by atoms with Crippen LogP contribution in [-0.2, 0) is 20.0 Å². The van der Waals surface area contributed by atoms with E-state index in [1.807, 2.05) is 0 Å². The van der Waals surface area contributed by atoms with Gasteiger partial charge in [0.25, 0.3) is 5.82 Å². The van der Waals surface area contributed by atoms with Crippen LogP contribution in [0.25, 0.3) is 0 Å². The highest BCUT2D eigenvalue weighted by Gasteiger charge is 2.13. The third-order valence-electron chi connectivity index (χ3n) is 8.22. The zero-order chi connectivity index (χ0) is 25.9. The predicted octanol–water partition coefficient (Wildman–Crippen LogP) is 11.0. The molecule has 0 fully saturated rings.